The molecule has 0 bridgehead atoms. The van der Waals surface area contributed by atoms with Crippen molar-refractivity contribution in [3.63, 3.8) is 0 Å². The molecular formula is C15H19N3O2. The van der Waals surface area contributed by atoms with Gasteiger partial charge in [0.25, 0.3) is 0 Å². The molecule has 5 nitrogen and oxygen atoms in total. The van der Waals surface area contributed by atoms with Gasteiger partial charge in [0, 0.05) is 37.1 Å². The van der Waals surface area contributed by atoms with E-state index in [0.717, 1.165) is 11.1 Å². The molecule has 2 N–H and O–H groups in total. The lowest BCUT2D eigenvalue weighted by molar-refractivity contribution is -0.122. The van der Waals surface area contributed by atoms with Gasteiger partial charge < -0.3 is 15.2 Å². The molecule has 2 amide bonds. The molecule has 0 aliphatic rings. The van der Waals surface area contributed by atoms with Crippen LogP contribution in [0, 0.1) is 6.92 Å². The molecule has 1 heterocycles. The summed E-state index contributed by atoms with van der Waals surface area (Å²) in [6.45, 7) is 4.67. The number of aromatic nitrogens is 1. The lowest BCUT2D eigenvalue weighted by Gasteiger charge is -2.07. The molecule has 0 atom stereocenters. The summed E-state index contributed by atoms with van der Waals surface area (Å²) in [5, 5.41) is 6.59. The second kappa shape index (κ2) is 6.23. The van der Waals surface area contributed by atoms with Gasteiger partial charge in [0.1, 0.15) is 6.54 Å². The first-order chi connectivity index (χ1) is 9.58. The third-order valence-electron chi connectivity index (χ3n) is 3.12. The van der Waals surface area contributed by atoms with Crippen LogP contribution in [0.1, 0.15) is 12.5 Å². The zero-order valence-corrected chi connectivity index (χ0v) is 11.8. The fourth-order valence-corrected chi connectivity index (χ4v) is 2.21. The number of aryl methyl sites for hydroxylation is 1. The largest absolute Gasteiger partial charge is 0.355 e. The van der Waals surface area contributed by atoms with Crippen LogP contribution in [0.5, 0.6) is 0 Å². The number of hydrogen-bond donors (Lipinski definition) is 2. The van der Waals surface area contributed by atoms with Crippen LogP contribution in [-0.4, -0.2) is 29.5 Å². The van der Waals surface area contributed by atoms with Crippen LogP contribution in [-0.2, 0) is 16.1 Å². The smallest absolute Gasteiger partial charge is 0.240 e. The molecule has 0 saturated heterocycles. The van der Waals surface area contributed by atoms with Crippen LogP contribution in [0.4, 0.5) is 0 Å². The van der Waals surface area contributed by atoms with Crippen molar-refractivity contribution in [2.24, 2.45) is 0 Å². The summed E-state index contributed by atoms with van der Waals surface area (Å²) in [5.74, 6) is -0.151. The zero-order valence-electron chi connectivity index (χ0n) is 11.8. The zero-order chi connectivity index (χ0) is 14.5. The van der Waals surface area contributed by atoms with E-state index < -0.39 is 0 Å². The van der Waals surface area contributed by atoms with Gasteiger partial charge in [-0.3, -0.25) is 9.59 Å². The van der Waals surface area contributed by atoms with E-state index in [2.05, 4.69) is 16.7 Å². The molecule has 2 aromatic rings. The summed E-state index contributed by atoms with van der Waals surface area (Å²) < 4.78 is 1.94. The van der Waals surface area contributed by atoms with Crippen LogP contribution in [0.15, 0.2) is 30.5 Å². The lowest BCUT2D eigenvalue weighted by Crippen LogP contribution is -2.35. The van der Waals surface area contributed by atoms with Gasteiger partial charge >= 0.3 is 0 Å². The monoisotopic (exact) mass is 273 g/mol. The summed E-state index contributed by atoms with van der Waals surface area (Å²) in [6.07, 6.45) is 1.98. The topological polar surface area (TPSA) is 63.1 Å². The molecule has 0 unspecified atom stereocenters. The third-order valence-corrected chi connectivity index (χ3v) is 3.12. The van der Waals surface area contributed by atoms with Crippen molar-refractivity contribution in [1.29, 1.82) is 0 Å². The minimum atomic E-state index is -0.0914. The van der Waals surface area contributed by atoms with Crippen LogP contribution < -0.4 is 10.6 Å². The minimum Gasteiger partial charge on any atom is -0.355 e. The summed E-state index contributed by atoms with van der Waals surface area (Å²) in [7, 11) is 0. The van der Waals surface area contributed by atoms with Gasteiger partial charge in [-0.25, -0.2) is 0 Å². The van der Waals surface area contributed by atoms with E-state index in [9.17, 15) is 9.59 Å². The molecule has 0 fully saturated rings. The van der Waals surface area contributed by atoms with Crippen molar-refractivity contribution in [2.75, 3.05) is 13.1 Å². The van der Waals surface area contributed by atoms with Gasteiger partial charge in [0.15, 0.2) is 0 Å². The summed E-state index contributed by atoms with van der Waals surface area (Å²) >= 11 is 0. The Bertz CT molecular complexity index is 631. The summed E-state index contributed by atoms with van der Waals surface area (Å²) in [6, 6.07) is 8.02. The Labute approximate surface area is 118 Å². The van der Waals surface area contributed by atoms with E-state index in [1.807, 2.05) is 35.9 Å². The van der Waals surface area contributed by atoms with Crippen LogP contribution in [0.2, 0.25) is 0 Å². The molecule has 20 heavy (non-hydrogen) atoms. The van der Waals surface area contributed by atoms with Crippen LogP contribution in [0.3, 0.4) is 0 Å². The van der Waals surface area contributed by atoms with Gasteiger partial charge in [0.05, 0.1) is 0 Å². The molecular weight excluding hydrogens is 254 g/mol. The van der Waals surface area contributed by atoms with Crippen molar-refractivity contribution in [2.45, 2.75) is 20.4 Å². The Morgan fingerprint density at radius 1 is 1.15 bits per heavy atom. The molecule has 0 spiro atoms. The van der Waals surface area contributed by atoms with Crippen molar-refractivity contribution >= 4 is 22.7 Å². The van der Waals surface area contributed by atoms with Crippen molar-refractivity contribution < 1.29 is 9.59 Å². The Morgan fingerprint density at radius 3 is 2.60 bits per heavy atom. The predicted octanol–water partition coefficient (Wildman–Crippen LogP) is 1.20. The van der Waals surface area contributed by atoms with Gasteiger partial charge in [-0.15, -0.1) is 0 Å². The minimum absolute atomic E-state index is 0.0592. The predicted molar refractivity (Wildman–Crippen MR) is 78.4 cm³/mol. The normalized spacial score (nSPS) is 10.5. The highest BCUT2D eigenvalue weighted by atomic mass is 16.2. The standard InChI is InChI=1S/C15H19N3O2/c1-11-9-18(14-6-4-3-5-13(11)14)10-15(20)17-8-7-16-12(2)19/h3-6,9H,7-8,10H2,1-2H3,(H,16,19)(H,17,20). The van der Waals surface area contributed by atoms with E-state index in [1.54, 1.807) is 0 Å². The maximum Gasteiger partial charge on any atom is 0.240 e. The SMILES string of the molecule is CC(=O)NCCNC(=O)Cn1cc(C)c2ccccc21. The van der Waals surface area contributed by atoms with Gasteiger partial charge in [-0.2, -0.15) is 0 Å². The number of nitrogens with zero attached hydrogens (tertiary/aromatic N) is 1. The molecule has 106 valence electrons. The Morgan fingerprint density at radius 2 is 1.85 bits per heavy atom. The third kappa shape index (κ3) is 3.38. The quantitative estimate of drug-likeness (QED) is 0.804. The molecule has 0 aliphatic carbocycles. The van der Waals surface area contributed by atoms with E-state index in [-0.39, 0.29) is 18.4 Å². The Hall–Kier alpha value is -2.30. The number of hydrogen-bond acceptors (Lipinski definition) is 2. The molecule has 0 aliphatic heterocycles. The number of nitrogens with one attached hydrogen (secondary N) is 2. The van der Waals surface area contributed by atoms with E-state index >= 15 is 0 Å². The maximum absolute atomic E-state index is 11.9. The number of carbonyl (C=O) groups excluding carboxylic acids is 2. The number of para-hydroxylation sites is 1. The van der Waals surface area contributed by atoms with Gasteiger partial charge in [0.2, 0.25) is 11.8 Å². The number of rotatable bonds is 5. The van der Waals surface area contributed by atoms with E-state index in [0.29, 0.717) is 13.1 Å². The highest BCUT2D eigenvalue weighted by Gasteiger charge is 2.08. The van der Waals surface area contributed by atoms with Gasteiger partial charge in [-0.1, -0.05) is 18.2 Å². The Balaban J connectivity index is 1.95. The molecule has 1 aromatic carbocycles. The van der Waals surface area contributed by atoms with E-state index in [1.165, 1.54) is 12.3 Å². The average Bonchev–Trinajstić information content (AvgIpc) is 2.72. The second-order valence-corrected chi connectivity index (χ2v) is 4.79. The summed E-state index contributed by atoms with van der Waals surface area (Å²) in [5.41, 5.74) is 2.22. The highest BCUT2D eigenvalue weighted by Crippen LogP contribution is 2.19. The molecule has 1 aromatic heterocycles. The van der Waals surface area contributed by atoms with Crippen LogP contribution >= 0.6 is 0 Å². The fourth-order valence-electron chi connectivity index (χ4n) is 2.21. The fraction of sp³-hybridized carbons (Fsp3) is 0.333. The number of carbonyl (C=O) groups is 2. The summed E-state index contributed by atoms with van der Waals surface area (Å²) in [4.78, 5) is 22.6. The number of fused-ring (bicyclic) bond motifs is 1. The number of amides is 2. The van der Waals surface area contributed by atoms with Crippen molar-refractivity contribution in [3.8, 4) is 0 Å². The second-order valence-electron chi connectivity index (χ2n) is 4.79. The first-order valence-corrected chi connectivity index (χ1v) is 6.63. The molecule has 0 saturated carbocycles. The first-order valence-electron chi connectivity index (χ1n) is 6.63. The lowest BCUT2D eigenvalue weighted by atomic mass is 10.2. The maximum atomic E-state index is 11.9. The first kappa shape index (κ1) is 14.1. The van der Waals surface area contributed by atoms with Crippen LogP contribution in [0.25, 0.3) is 10.9 Å². The van der Waals surface area contributed by atoms with Crippen molar-refractivity contribution in [1.82, 2.24) is 15.2 Å². The molecule has 5 heteroatoms. The average molecular weight is 273 g/mol. The van der Waals surface area contributed by atoms with Crippen molar-refractivity contribution in [3.05, 3.63) is 36.0 Å². The molecule has 0 radical (unpaired) electrons. The highest BCUT2D eigenvalue weighted by molar-refractivity contribution is 5.86. The Kier molecular flexibility index (Phi) is 4.40. The number of benzene rings is 1. The molecule has 2 rings (SSSR count). The van der Waals surface area contributed by atoms with Gasteiger partial charge in [-0.05, 0) is 18.6 Å². The van der Waals surface area contributed by atoms with E-state index in [4.69, 9.17) is 0 Å².